The second kappa shape index (κ2) is 8.60. The molecule has 1 amide bonds. The number of amides is 1. The SMILES string of the molecule is CN(CC(=O)N1CCC[C@H](c2nc3ccccc3s2)C1)Cc1cccc(Cl)c1. The molecule has 1 aliphatic heterocycles. The zero-order valence-electron chi connectivity index (χ0n) is 16.0. The second-order valence-corrected chi connectivity index (χ2v) is 9.00. The van der Waals surface area contributed by atoms with Gasteiger partial charge in [0.15, 0.2) is 0 Å². The van der Waals surface area contributed by atoms with E-state index in [2.05, 4.69) is 23.1 Å². The maximum atomic E-state index is 12.9. The van der Waals surface area contributed by atoms with Crippen molar-refractivity contribution in [2.75, 3.05) is 26.7 Å². The van der Waals surface area contributed by atoms with E-state index in [4.69, 9.17) is 16.6 Å². The third kappa shape index (κ3) is 4.54. The number of likely N-dealkylation sites (tertiary alicyclic amines) is 1. The van der Waals surface area contributed by atoms with Crippen LogP contribution in [0.1, 0.15) is 29.3 Å². The smallest absolute Gasteiger partial charge is 0.236 e. The Bertz CT molecular complexity index is 940. The van der Waals surface area contributed by atoms with Gasteiger partial charge in [-0.05, 0) is 49.7 Å². The summed E-state index contributed by atoms with van der Waals surface area (Å²) in [6.45, 7) is 2.73. The maximum Gasteiger partial charge on any atom is 0.236 e. The van der Waals surface area contributed by atoms with Gasteiger partial charge in [-0.3, -0.25) is 9.69 Å². The van der Waals surface area contributed by atoms with Crippen LogP contribution in [0.4, 0.5) is 0 Å². The molecule has 0 unspecified atom stereocenters. The molecule has 1 fully saturated rings. The van der Waals surface area contributed by atoms with Crippen molar-refractivity contribution in [3.8, 4) is 0 Å². The maximum absolute atomic E-state index is 12.9. The molecule has 0 spiro atoms. The first-order valence-electron chi connectivity index (χ1n) is 9.65. The van der Waals surface area contributed by atoms with Gasteiger partial charge in [0.1, 0.15) is 0 Å². The van der Waals surface area contributed by atoms with E-state index < -0.39 is 0 Å². The number of hydrogen-bond donors (Lipinski definition) is 0. The number of fused-ring (bicyclic) bond motifs is 1. The van der Waals surface area contributed by atoms with E-state index >= 15 is 0 Å². The Hall–Kier alpha value is -1.95. The summed E-state index contributed by atoms with van der Waals surface area (Å²) < 4.78 is 1.22. The largest absolute Gasteiger partial charge is 0.341 e. The number of nitrogens with zero attached hydrogens (tertiary/aromatic N) is 3. The van der Waals surface area contributed by atoms with Crippen LogP contribution in [0.25, 0.3) is 10.2 Å². The van der Waals surface area contributed by atoms with Gasteiger partial charge < -0.3 is 4.90 Å². The van der Waals surface area contributed by atoms with Crippen molar-refractivity contribution in [1.82, 2.24) is 14.8 Å². The van der Waals surface area contributed by atoms with Crippen LogP contribution in [0.5, 0.6) is 0 Å². The van der Waals surface area contributed by atoms with Crippen LogP contribution >= 0.6 is 22.9 Å². The quantitative estimate of drug-likeness (QED) is 0.603. The number of halogens is 1. The minimum Gasteiger partial charge on any atom is -0.341 e. The highest BCUT2D eigenvalue weighted by Crippen LogP contribution is 2.33. The molecular weight excluding hydrogens is 390 g/mol. The lowest BCUT2D eigenvalue weighted by Crippen LogP contribution is -2.43. The first kappa shape index (κ1) is 19.4. The van der Waals surface area contributed by atoms with E-state index in [0.29, 0.717) is 19.0 Å². The third-order valence-electron chi connectivity index (χ3n) is 5.18. The van der Waals surface area contributed by atoms with Crippen LogP contribution in [0.3, 0.4) is 0 Å². The monoisotopic (exact) mass is 413 g/mol. The number of thiazole rings is 1. The molecule has 0 saturated carbocycles. The topological polar surface area (TPSA) is 36.4 Å². The summed E-state index contributed by atoms with van der Waals surface area (Å²) in [7, 11) is 1.98. The summed E-state index contributed by atoms with van der Waals surface area (Å²) in [5, 5.41) is 1.89. The van der Waals surface area contributed by atoms with E-state index in [9.17, 15) is 4.79 Å². The molecule has 6 heteroatoms. The zero-order chi connectivity index (χ0) is 19.5. The van der Waals surface area contributed by atoms with Crippen molar-refractivity contribution in [1.29, 1.82) is 0 Å². The van der Waals surface area contributed by atoms with Gasteiger partial charge in [-0.2, -0.15) is 0 Å². The zero-order valence-corrected chi connectivity index (χ0v) is 17.5. The number of carbonyl (C=O) groups excluding carboxylic acids is 1. The number of likely N-dealkylation sites (N-methyl/N-ethyl adjacent to an activating group) is 1. The van der Waals surface area contributed by atoms with Crippen molar-refractivity contribution in [3.05, 3.63) is 64.1 Å². The molecule has 3 aromatic rings. The van der Waals surface area contributed by atoms with E-state index in [0.717, 1.165) is 47.0 Å². The van der Waals surface area contributed by atoms with Gasteiger partial charge in [0.05, 0.1) is 21.8 Å². The summed E-state index contributed by atoms with van der Waals surface area (Å²) in [5.41, 5.74) is 2.18. The van der Waals surface area contributed by atoms with Crippen molar-refractivity contribution in [2.24, 2.45) is 0 Å². The first-order valence-corrected chi connectivity index (χ1v) is 10.8. The van der Waals surface area contributed by atoms with Crippen molar-refractivity contribution >= 4 is 39.1 Å². The standard InChI is InChI=1S/C22H24ClN3OS/c1-25(13-16-6-4-8-18(23)12-16)15-21(27)26-11-5-7-17(14-26)22-24-19-9-2-3-10-20(19)28-22/h2-4,6,8-10,12,17H,5,7,11,13-15H2,1H3/t17-/m0/s1. The normalized spacial score (nSPS) is 17.4. The molecule has 0 bridgehead atoms. The fraction of sp³-hybridized carbons (Fsp3) is 0.364. The Labute approximate surface area is 174 Å². The lowest BCUT2D eigenvalue weighted by Gasteiger charge is -2.33. The molecule has 4 rings (SSSR count). The highest BCUT2D eigenvalue weighted by atomic mass is 35.5. The Kier molecular flexibility index (Phi) is 5.95. The van der Waals surface area contributed by atoms with E-state index in [1.807, 2.05) is 42.3 Å². The average molecular weight is 414 g/mol. The molecule has 1 atom stereocenters. The van der Waals surface area contributed by atoms with Gasteiger partial charge in [-0.15, -0.1) is 11.3 Å². The summed E-state index contributed by atoms with van der Waals surface area (Å²) in [5.74, 6) is 0.531. The molecule has 4 nitrogen and oxygen atoms in total. The van der Waals surface area contributed by atoms with Crippen molar-refractivity contribution in [2.45, 2.75) is 25.3 Å². The molecule has 1 saturated heterocycles. The number of carbonyl (C=O) groups is 1. The molecule has 2 aromatic carbocycles. The molecule has 146 valence electrons. The number of para-hydroxylation sites is 1. The summed E-state index contributed by atoms with van der Waals surface area (Å²) in [6.07, 6.45) is 2.13. The van der Waals surface area contributed by atoms with Gasteiger partial charge in [0.2, 0.25) is 5.91 Å². The molecule has 2 heterocycles. The first-order chi connectivity index (χ1) is 13.6. The highest BCUT2D eigenvalue weighted by Gasteiger charge is 2.27. The van der Waals surface area contributed by atoms with Crippen molar-refractivity contribution < 1.29 is 4.79 Å². The molecule has 1 aliphatic rings. The number of benzene rings is 2. The molecular formula is C22H24ClN3OS. The number of hydrogen-bond acceptors (Lipinski definition) is 4. The Morgan fingerprint density at radius 3 is 2.96 bits per heavy atom. The summed E-state index contributed by atoms with van der Waals surface area (Å²) >= 11 is 7.82. The predicted molar refractivity (Wildman–Crippen MR) is 116 cm³/mol. The van der Waals surface area contributed by atoms with Gasteiger partial charge in [0, 0.05) is 30.6 Å². The van der Waals surface area contributed by atoms with Gasteiger partial charge in [0.25, 0.3) is 0 Å². The minimum absolute atomic E-state index is 0.190. The van der Waals surface area contributed by atoms with Crippen LogP contribution in [0, 0.1) is 0 Å². The van der Waals surface area contributed by atoms with E-state index in [1.54, 1.807) is 11.3 Å². The number of aromatic nitrogens is 1. The van der Waals surface area contributed by atoms with Crippen LogP contribution in [-0.2, 0) is 11.3 Å². The molecule has 1 aromatic heterocycles. The molecule has 0 N–H and O–H groups in total. The van der Waals surface area contributed by atoms with Gasteiger partial charge in [-0.25, -0.2) is 4.98 Å². The molecule has 0 radical (unpaired) electrons. The fourth-order valence-electron chi connectivity index (χ4n) is 3.80. The second-order valence-electron chi connectivity index (χ2n) is 7.50. The van der Waals surface area contributed by atoms with Gasteiger partial charge in [-0.1, -0.05) is 35.9 Å². The third-order valence-corrected chi connectivity index (χ3v) is 6.61. The lowest BCUT2D eigenvalue weighted by molar-refractivity contribution is -0.133. The van der Waals surface area contributed by atoms with E-state index in [1.165, 1.54) is 4.70 Å². The Morgan fingerprint density at radius 2 is 2.14 bits per heavy atom. The Balaban J connectivity index is 1.37. The highest BCUT2D eigenvalue weighted by molar-refractivity contribution is 7.18. The number of piperidine rings is 1. The van der Waals surface area contributed by atoms with E-state index in [-0.39, 0.29) is 5.91 Å². The summed E-state index contributed by atoms with van der Waals surface area (Å²) in [6, 6.07) is 16.1. The fourth-order valence-corrected chi connectivity index (χ4v) is 5.11. The molecule has 28 heavy (non-hydrogen) atoms. The van der Waals surface area contributed by atoms with Gasteiger partial charge >= 0.3 is 0 Å². The lowest BCUT2D eigenvalue weighted by atomic mass is 9.98. The molecule has 0 aliphatic carbocycles. The average Bonchev–Trinajstić information content (AvgIpc) is 3.12. The van der Waals surface area contributed by atoms with Crippen LogP contribution in [0.15, 0.2) is 48.5 Å². The van der Waals surface area contributed by atoms with Crippen molar-refractivity contribution in [3.63, 3.8) is 0 Å². The predicted octanol–water partition coefficient (Wildman–Crippen LogP) is 4.79. The van der Waals surface area contributed by atoms with Crippen LogP contribution < -0.4 is 0 Å². The number of rotatable bonds is 5. The Morgan fingerprint density at radius 1 is 1.29 bits per heavy atom. The summed E-state index contributed by atoms with van der Waals surface area (Å²) in [4.78, 5) is 21.7. The van der Waals surface area contributed by atoms with Crippen LogP contribution in [0.2, 0.25) is 5.02 Å². The minimum atomic E-state index is 0.190. The van der Waals surface area contributed by atoms with Crippen LogP contribution in [-0.4, -0.2) is 47.4 Å².